The van der Waals surface area contributed by atoms with Crippen LogP contribution in [0.25, 0.3) is 0 Å². The Bertz CT molecular complexity index is 609. The molecule has 1 fully saturated rings. The van der Waals surface area contributed by atoms with E-state index in [1.54, 1.807) is 11.8 Å². The van der Waals surface area contributed by atoms with Gasteiger partial charge in [-0.1, -0.05) is 29.8 Å². The first-order valence-corrected chi connectivity index (χ1v) is 7.27. The monoisotopic (exact) mass is 307 g/mol. The van der Waals surface area contributed by atoms with Gasteiger partial charge < -0.3 is 10.0 Å². The van der Waals surface area contributed by atoms with Crippen LogP contribution in [0.5, 0.6) is 0 Å². The van der Waals surface area contributed by atoms with Crippen LogP contribution in [-0.4, -0.2) is 28.4 Å². The van der Waals surface area contributed by atoms with Gasteiger partial charge in [0.1, 0.15) is 0 Å². The highest BCUT2D eigenvalue weighted by Crippen LogP contribution is 2.36. The number of likely N-dealkylation sites (tertiary alicyclic amines) is 1. The minimum atomic E-state index is -1.06. The number of hydrogen-bond acceptors (Lipinski definition) is 2. The Morgan fingerprint density at radius 1 is 1.24 bits per heavy atom. The molecule has 0 aromatic heterocycles. The number of carbonyl (C=O) groups excluding carboxylic acids is 1. The van der Waals surface area contributed by atoms with Crippen LogP contribution in [0.15, 0.2) is 35.4 Å². The molecular formula is C16H18ClNO3. The van der Waals surface area contributed by atoms with Crippen LogP contribution < -0.4 is 0 Å². The van der Waals surface area contributed by atoms with E-state index in [9.17, 15) is 9.59 Å². The number of rotatable bonds is 3. The van der Waals surface area contributed by atoms with Crippen molar-refractivity contribution in [3.63, 3.8) is 0 Å². The number of hydrogen-bond donors (Lipinski definition) is 1. The first-order valence-electron chi connectivity index (χ1n) is 6.89. The summed E-state index contributed by atoms with van der Waals surface area (Å²) >= 11 is 6.22. The van der Waals surface area contributed by atoms with Gasteiger partial charge >= 0.3 is 5.97 Å². The lowest BCUT2D eigenvalue weighted by Gasteiger charge is -2.26. The second-order valence-electron chi connectivity index (χ2n) is 5.23. The lowest BCUT2D eigenvalue weighted by molar-refractivity contribution is -0.134. The average molecular weight is 308 g/mol. The van der Waals surface area contributed by atoms with E-state index >= 15 is 0 Å². The van der Waals surface area contributed by atoms with E-state index in [0.29, 0.717) is 11.6 Å². The molecule has 2 rings (SSSR count). The topological polar surface area (TPSA) is 57.6 Å². The Labute approximate surface area is 129 Å². The van der Waals surface area contributed by atoms with Crippen molar-refractivity contribution in [3.05, 3.63) is 46.0 Å². The molecule has 5 heteroatoms. The molecule has 1 heterocycles. The first-order chi connectivity index (χ1) is 9.93. The molecular weight excluding hydrogens is 290 g/mol. The number of carboxylic acids is 1. The van der Waals surface area contributed by atoms with E-state index in [0.717, 1.165) is 18.4 Å². The second kappa shape index (κ2) is 6.31. The number of nitrogens with zero attached hydrogens (tertiary/aromatic N) is 1. The minimum absolute atomic E-state index is 0.0808. The first kappa shape index (κ1) is 15.6. The van der Waals surface area contributed by atoms with E-state index in [4.69, 9.17) is 16.7 Å². The number of benzene rings is 1. The summed E-state index contributed by atoms with van der Waals surface area (Å²) in [5, 5.41) is 9.66. The van der Waals surface area contributed by atoms with Crippen molar-refractivity contribution in [1.82, 2.24) is 4.90 Å². The van der Waals surface area contributed by atoms with Gasteiger partial charge in [-0.3, -0.25) is 4.79 Å². The number of aliphatic carboxylic acids is 1. The summed E-state index contributed by atoms with van der Waals surface area (Å²) in [4.78, 5) is 25.3. The Morgan fingerprint density at radius 3 is 2.52 bits per heavy atom. The quantitative estimate of drug-likeness (QED) is 0.870. The van der Waals surface area contributed by atoms with Gasteiger partial charge in [0.25, 0.3) is 5.91 Å². The fourth-order valence-corrected chi connectivity index (χ4v) is 2.88. The lowest BCUT2D eigenvalue weighted by atomic mass is 10.0. The number of carbonyl (C=O) groups is 2. The molecule has 1 amide bonds. The number of halogens is 1. The van der Waals surface area contributed by atoms with E-state index in [1.165, 1.54) is 6.92 Å². The van der Waals surface area contributed by atoms with Crippen LogP contribution >= 0.6 is 11.6 Å². The SMILES string of the molecule is CC(C(=O)O)=C(C)C(=O)N1CCCC1c1ccccc1Cl. The number of carboxylic acid groups (broad SMARTS) is 1. The Morgan fingerprint density at radius 2 is 1.90 bits per heavy atom. The van der Waals surface area contributed by atoms with Gasteiger partial charge in [-0.2, -0.15) is 0 Å². The van der Waals surface area contributed by atoms with Crippen LogP contribution in [-0.2, 0) is 9.59 Å². The summed E-state index contributed by atoms with van der Waals surface area (Å²) in [7, 11) is 0. The third-order valence-corrected chi connectivity index (χ3v) is 4.33. The van der Waals surface area contributed by atoms with Crippen LogP contribution in [0.4, 0.5) is 0 Å². The summed E-state index contributed by atoms with van der Waals surface area (Å²) in [6.07, 6.45) is 1.73. The second-order valence-corrected chi connectivity index (χ2v) is 5.64. The molecule has 0 saturated carbocycles. The van der Waals surface area contributed by atoms with Crippen molar-refractivity contribution in [2.24, 2.45) is 0 Å². The van der Waals surface area contributed by atoms with Crippen LogP contribution in [0.2, 0.25) is 5.02 Å². The summed E-state index contributed by atoms with van der Waals surface area (Å²) in [6, 6.07) is 7.40. The maximum Gasteiger partial charge on any atom is 0.331 e. The zero-order chi connectivity index (χ0) is 15.6. The van der Waals surface area contributed by atoms with Crippen molar-refractivity contribution >= 4 is 23.5 Å². The standard InChI is InChI=1S/C16H18ClNO3/c1-10(11(2)16(20)21)15(19)18-9-5-8-14(18)12-6-3-4-7-13(12)17/h3-4,6-7,14H,5,8-9H2,1-2H3,(H,20,21). The van der Waals surface area contributed by atoms with Crippen molar-refractivity contribution in [1.29, 1.82) is 0 Å². The number of amides is 1. The Hall–Kier alpha value is -1.81. The fourth-order valence-electron chi connectivity index (χ4n) is 2.61. The van der Waals surface area contributed by atoms with Crippen LogP contribution in [0.1, 0.15) is 38.3 Å². The molecule has 0 bridgehead atoms. The van der Waals surface area contributed by atoms with Crippen LogP contribution in [0.3, 0.4) is 0 Å². The molecule has 1 aliphatic rings. The molecule has 1 aromatic carbocycles. The highest BCUT2D eigenvalue weighted by Gasteiger charge is 2.32. The van der Waals surface area contributed by atoms with E-state index in [-0.39, 0.29) is 23.1 Å². The molecule has 112 valence electrons. The smallest absolute Gasteiger partial charge is 0.331 e. The van der Waals surface area contributed by atoms with Crippen molar-refractivity contribution in [3.8, 4) is 0 Å². The lowest BCUT2D eigenvalue weighted by Crippen LogP contribution is -2.32. The molecule has 1 saturated heterocycles. The van der Waals surface area contributed by atoms with Gasteiger partial charge in [0.2, 0.25) is 0 Å². The average Bonchev–Trinajstić information content (AvgIpc) is 2.94. The summed E-state index contributed by atoms with van der Waals surface area (Å²) < 4.78 is 0. The molecule has 1 aliphatic heterocycles. The molecule has 4 nitrogen and oxygen atoms in total. The molecule has 0 spiro atoms. The van der Waals surface area contributed by atoms with Gasteiger partial charge in [0.15, 0.2) is 0 Å². The minimum Gasteiger partial charge on any atom is -0.478 e. The zero-order valence-electron chi connectivity index (χ0n) is 12.1. The molecule has 1 atom stereocenters. The Balaban J connectivity index is 2.32. The predicted octanol–water partition coefficient (Wildman–Crippen LogP) is 3.42. The van der Waals surface area contributed by atoms with Gasteiger partial charge in [-0.05, 0) is 38.3 Å². The van der Waals surface area contributed by atoms with Crippen molar-refractivity contribution in [2.45, 2.75) is 32.7 Å². The van der Waals surface area contributed by atoms with E-state index in [1.807, 2.05) is 24.3 Å². The Kier molecular flexibility index (Phi) is 4.68. The van der Waals surface area contributed by atoms with Gasteiger partial charge in [-0.15, -0.1) is 0 Å². The maximum atomic E-state index is 12.5. The third kappa shape index (κ3) is 3.10. The molecule has 1 aromatic rings. The molecule has 0 radical (unpaired) electrons. The van der Waals surface area contributed by atoms with Crippen molar-refractivity contribution < 1.29 is 14.7 Å². The van der Waals surface area contributed by atoms with Gasteiger partial charge in [-0.25, -0.2) is 4.79 Å². The molecule has 1 unspecified atom stereocenters. The maximum absolute atomic E-state index is 12.5. The summed E-state index contributed by atoms with van der Waals surface area (Å²) in [5.41, 5.74) is 1.29. The third-order valence-electron chi connectivity index (χ3n) is 3.98. The largest absolute Gasteiger partial charge is 0.478 e. The summed E-state index contributed by atoms with van der Waals surface area (Å²) in [5.74, 6) is -1.29. The highest BCUT2D eigenvalue weighted by atomic mass is 35.5. The van der Waals surface area contributed by atoms with E-state index in [2.05, 4.69) is 0 Å². The molecule has 21 heavy (non-hydrogen) atoms. The summed E-state index contributed by atoms with van der Waals surface area (Å²) in [6.45, 7) is 3.64. The fraction of sp³-hybridized carbons (Fsp3) is 0.375. The van der Waals surface area contributed by atoms with Crippen molar-refractivity contribution in [2.75, 3.05) is 6.54 Å². The zero-order valence-corrected chi connectivity index (χ0v) is 12.9. The highest BCUT2D eigenvalue weighted by molar-refractivity contribution is 6.31. The van der Waals surface area contributed by atoms with E-state index < -0.39 is 5.97 Å². The predicted molar refractivity (Wildman–Crippen MR) is 81.1 cm³/mol. The molecule has 0 aliphatic carbocycles. The van der Waals surface area contributed by atoms with Crippen LogP contribution in [0, 0.1) is 0 Å². The normalized spacial score (nSPS) is 19.4. The van der Waals surface area contributed by atoms with Gasteiger partial charge in [0.05, 0.1) is 6.04 Å². The van der Waals surface area contributed by atoms with Gasteiger partial charge in [0, 0.05) is 22.7 Å². The molecule has 1 N–H and O–H groups in total.